The summed E-state index contributed by atoms with van der Waals surface area (Å²) in [5.74, 6) is -0.390. The summed E-state index contributed by atoms with van der Waals surface area (Å²) < 4.78 is 18.0. The Morgan fingerprint density at radius 3 is 2.28 bits per heavy atom. The predicted octanol–water partition coefficient (Wildman–Crippen LogP) is 2.77. The van der Waals surface area contributed by atoms with Crippen molar-refractivity contribution in [2.75, 3.05) is 14.2 Å². The standard InChI is InChI=1S/C14H20FNO2/c1-10(11-6-8-12(15)9-7-11)16(4)13(17)14(2,3)18-5/h6-10H,1-5H3. The van der Waals surface area contributed by atoms with E-state index in [1.54, 1.807) is 37.9 Å². The third-order valence-corrected chi connectivity index (χ3v) is 3.28. The van der Waals surface area contributed by atoms with Gasteiger partial charge in [-0.1, -0.05) is 12.1 Å². The quantitative estimate of drug-likeness (QED) is 0.825. The number of ether oxygens (including phenoxy) is 1. The average Bonchev–Trinajstić information content (AvgIpc) is 2.37. The van der Waals surface area contributed by atoms with Gasteiger partial charge >= 0.3 is 0 Å². The Labute approximate surface area is 108 Å². The van der Waals surface area contributed by atoms with Crippen LogP contribution >= 0.6 is 0 Å². The molecule has 1 aromatic carbocycles. The van der Waals surface area contributed by atoms with E-state index < -0.39 is 5.60 Å². The Kier molecular flexibility index (Phi) is 4.46. The fraction of sp³-hybridized carbons (Fsp3) is 0.500. The largest absolute Gasteiger partial charge is 0.369 e. The molecule has 0 saturated heterocycles. The van der Waals surface area contributed by atoms with Gasteiger partial charge in [0.1, 0.15) is 11.4 Å². The average molecular weight is 253 g/mol. The van der Waals surface area contributed by atoms with Gasteiger partial charge in [-0.2, -0.15) is 0 Å². The summed E-state index contributed by atoms with van der Waals surface area (Å²) in [4.78, 5) is 13.8. The molecule has 0 aromatic heterocycles. The van der Waals surface area contributed by atoms with Gasteiger partial charge in [-0.3, -0.25) is 4.79 Å². The third kappa shape index (κ3) is 3.07. The maximum Gasteiger partial charge on any atom is 0.254 e. The Bertz CT molecular complexity index is 414. The van der Waals surface area contributed by atoms with Crippen molar-refractivity contribution in [3.05, 3.63) is 35.6 Å². The van der Waals surface area contributed by atoms with Crippen LogP contribution in [0.3, 0.4) is 0 Å². The van der Waals surface area contributed by atoms with E-state index in [0.717, 1.165) is 5.56 Å². The Balaban J connectivity index is 2.87. The first-order valence-electron chi connectivity index (χ1n) is 5.87. The van der Waals surface area contributed by atoms with Crippen LogP contribution in [0.5, 0.6) is 0 Å². The van der Waals surface area contributed by atoms with Crippen molar-refractivity contribution >= 4 is 5.91 Å². The molecule has 0 aliphatic rings. The molecule has 0 spiro atoms. The highest BCUT2D eigenvalue weighted by Gasteiger charge is 2.32. The molecular formula is C14H20FNO2. The monoisotopic (exact) mass is 253 g/mol. The van der Waals surface area contributed by atoms with Crippen LogP contribution < -0.4 is 0 Å². The molecule has 0 saturated carbocycles. The minimum Gasteiger partial charge on any atom is -0.369 e. The highest BCUT2D eigenvalue weighted by Crippen LogP contribution is 2.23. The van der Waals surface area contributed by atoms with Crippen LogP contribution in [0.15, 0.2) is 24.3 Å². The van der Waals surface area contributed by atoms with Crippen molar-refractivity contribution in [3.8, 4) is 0 Å². The molecule has 0 fully saturated rings. The third-order valence-electron chi connectivity index (χ3n) is 3.28. The van der Waals surface area contributed by atoms with Crippen molar-refractivity contribution in [2.45, 2.75) is 32.4 Å². The predicted molar refractivity (Wildman–Crippen MR) is 68.7 cm³/mol. The molecule has 1 rings (SSSR count). The molecule has 100 valence electrons. The van der Waals surface area contributed by atoms with Crippen LogP contribution in [0.1, 0.15) is 32.4 Å². The molecule has 0 N–H and O–H groups in total. The SMILES string of the molecule is COC(C)(C)C(=O)N(C)C(C)c1ccc(F)cc1. The number of rotatable bonds is 4. The van der Waals surface area contributed by atoms with Crippen molar-refractivity contribution in [2.24, 2.45) is 0 Å². The zero-order valence-corrected chi connectivity index (χ0v) is 11.5. The van der Waals surface area contributed by atoms with E-state index in [4.69, 9.17) is 4.74 Å². The van der Waals surface area contributed by atoms with E-state index in [1.165, 1.54) is 19.2 Å². The highest BCUT2D eigenvalue weighted by molar-refractivity contribution is 5.84. The van der Waals surface area contributed by atoms with E-state index in [2.05, 4.69) is 0 Å². The number of halogens is 1. The molecule has 0 aliphatic carbocycles. The van der Waals surface area contributed by atoms with Crippen molar-refractivity contribution < 1.29 is 13.9 Å². The number of carbonyl (C=O) groups is 1. The summed E-state index contributed by atoms with van der Waals surface area (Å²) in [6, 6.07) is 6.03. The van der Waals surface area contributed by atoms with E-state index in [1.807, 2.05) is 6.92 Å². The molecule has 1 amide bonds. The molecule has 18 heavy (non-hydrogen) atoms. The summed E-state index contributed by atoms with van der Waals surface area (Å²) >= 11 is 0. The van der Waals surface area contributed by atoms with Crippen LogP contribution in [-0.4, -0.2) is 30.6 Å². The number of nitrogens with zero attached hydrogens (tertiary/aromatic N) is 1. The van der Waals surface area contributed by atoms with Crippen LogP contribution in [0.4, 0.5) is 4.39 Å². The second kappa shape index (κ2) is 5.48. The molecule has 0 heterocycles. The smallest absolute Gasteiger partial charge is 0.254 e. The first kappa shape index (κ1) is 14.6. The highest BCUT2D eigenvalue weighted by atomic mass is 19.1. The number of methoxy groups -OCH3 is 1. The first-order valence-corrected chi connectivity index (χ1v) is 5.87. The lowest BCUT2D eigenvalue weighted by Gasteiger charge is -2.32. The van der Waals surface area contributed by atoms with Gasteiger partial charge in [0.05, 0.1) is 6.04 Å². The summed E-state index contributed by atoms with van der Waals surface area (Å²) in [5, 5.41) is 0. The lowest BCUT2D eigenvalue weighted by Crippen LogP contribution is -2.45. The summed E-state index contributed by atoms with van der Waals surface area (Å²) in [5.41, 5.74) is 0.0300. The summed E-state index contributed by atoms with van der Waals surface area (Å²) in [6.07, 6.45) is 0. The fourth-order valence-electron chi connectivity index (χ4n) is 1.65. The number of hydrogen-bond acceptors (Lipinski definition) is 2. The Morgan fingerprint density at radius 1 is 1.33 bits per heavy atom. The zero-order chi connectivity index (χ0) is 13.9. The number of hydrogen-bond donors (Lipinski definition) is 0. The van der Waals surface area contributed by atoms with E-state index >= 15 is 0 Å². The minimum atomic E-state index is -0.858. The summed E-state index contributed by atoms with van der Waals surface area (Å²) in [7, 11) is 3.23. The summed E-state index contributed by atoms with van der Waals surface area (Å²) in [6.45, 7) is 5.35. The van der Waals surface area contributed by atoms with Crippen molar-refractivity contribution in [3.63, 3.8) is 0 Å². The van der Waals surface area contributed by atoms with Crippen LogP contribution in [0.2, 0.25) is 0 Å². The van der Waals surface area contributed by atoms with Gasteiger partial charge in [0, 0.05) is 14.2 Å². The van der Waals surface area contributed by atoms with Crippen molar-refractivity contribution in [1.82, 2.24) is 4.90 Å². The molecule has 0 bridgehead atoms. The van der Waals surface area contributed by atoms with Gasteiger partial charge < -0.3 is 9.64 Å². The van der Waals surface area contributed by atoms with Gasteiger partial charge in [0.15, 0.2) is 0 Å². The number of carbonyl (C=O) groups excluding carboxylic acids is 1. The maximum absolute atomic E-state index is 12.9. The van der Waals surface area contributed by atoms with Gasteiger partial charge in [-0.15, -0.1) is 0 Å². The van der Waals surface area contributed by atoms with Gasteiger partial charge in [0.2, 0.25) is 0 Å². The molecular weight excluding hydrogens is 233 g/mol. The van der Waals surface area contributed by atoms with E-state index in [-0.39, 0.29) is 17.8 Å². The zero-order valence-electron chi connectivity index (χ0n) is 11.5. The normalized spacial score (nSPS) is 13.2. The Morgan fingerprint density at radius 2 is 1.83 bits per heavy atom. The fourth-order valence-corrected chi connectivity index (χ4v) is 1.65. The molecule has 1 atom stereocenters. The molecule has 0 aliphatic heterocycles. The van der Waals surface area contributed by atoms with Crippen molar-refractivity contribution in [1.29, 1.82) is 0 Å². The molecule has 1 unspecified atom stereocenters. The van der Waals surface area contributed by atoms with Gasteiger partial charge in [0.25, 0.3) is 5.91 Å². The number of likely N-dealkylation sites (N-methyl/N-ethyl adjacent to an activating group) is 1. The van der Waals surface area contributed by atoms with Crippen LogP contribution in [-0.2, 0) is 9.53 Å². The van der Waals surface area contributed by atoms with Crippen LogP contribution in [0, 0.1) is 5.82 Å². The topological polar surface area (TPSA) is 29.5 Å². The first-order chi connectivity index (χ1) is 8.29. The minimum absolute atomic E-state index is 0.109. The molecule has 1 aromatic rings. The van der Waals surface area contributed by atoms with E-state index in [9.17, 15) is 9.18 Å². The lowest BCUT2D eigenvalue weighted by atomic mass is 10.0. The van der Waals surface area contributed by atoms with Crippen LogP contribution in [0.25, 0.3) is 0 Å². The second-order valence-corrected chi connectivity index (χ2v) is 4.86. The Hall–Kier alpha value is -1.42. The molecule has 4 heteroatoms. The second-order valence-electron chi connectivity index (χ2n) is 4.86. The van der Waals surface area contributed by atoms with Gasteiger partial charge in [-0.05, 0) is 38.5 Å². The van der Waals surface area contributed by atoms with E-state index in [0.29, 0.717) is 0 Å². The maximum atomic E-state index is 12.9. The molecule has 3 nitrogen and oxygen atoms in total. The van der Waals surface area contributed by atoms with Gasteiger partial charge in [-0.25, -0.2) is 4.39 Å². The molecule has 0 radical (unpaired) electrons. The number of benzene rings is 1. The number of amides is 1. The lowest BCUT2D eigenvalue weighted by molar-refractivity contribution is -0.151.